The highest BCUT2D eigenvalue weighted by Crippen LogP contribution is 2.41. The molecule has 4 heteroatoms. The molecule has 2 aromatic carbocycles. The summed E-state index contributed by atoms with van der Waals surface area (Å²) in [6.07, 6.45) is 0. The number of fused-ring (bicyclic) bond motifs is 3. The third-order valence-corrected chi connectivity index (χ3v) is 4.60. The Morgan fingerprint density at radius 2 is 1.59 bits per heavy atom. The first-order chi connectivity index (χ1) is 8.08. The van der Waals surface area contributed by atoms with Crippen LogP contribution in [-0.2, 0) is 0 Å². The van der Waals surface area contributed by atoms with Gasteiger partial charge in [-0.1, -0.05) is 37.9 Å². The molecule has 1 aliphatic rings. The van der Waals surface area contributed by atoms with Crippen LogP contribution in [0.1, 0.15) is 15.9 Å². The Labute approximate surface area is 129 Å². The molecule has 0 aromatic heterocycles. The summed E-state index contributed by atoms with van der Waals surface area (Å²) in [6.45, 7) is 0. The topological polar surface area (TPSA) is 17.1 Å². The Hall–Kier alpha value is -0.200. The fourth-order valence-corrected chi connectivity index (χ4v) is 4.26. The Kier molecular flexibility index (Phi) is 2.91. The van der Waals surface area contributed by atoms with Crippen LogP contribution < -0.4 is 0 Å². The summed E-state index contributed by atoms with van der Waals surface area (Å²) < 4.78 is 2.98. The zero-order valence-corrected chi connectivity index (χ0v) is 13.8. The Bertz CT molecular complexity index is 665. The van der Waals surface area contributed by atoms with Crippen LogP contribution in [0.2, 0.25) is 0 Å². The molecule has 0 amide bonds. The molecule has 0 fully saturated rings. The van der Waals surface area contributed by atoms with Gasteiger partial charge in [0, 0.05) is 29.2 Å². The zero-order valence-electron chi connectivity index (χ0n) is 8.43. The van der Waals surface area contributed by atoms with Gasteiger partial charge in [-0.05, 0) is 52.4 Å². The van der Waals surface area contributed by atoms with Crippen LogP contribution in [0.15, 0.2) is 39.3 Å². The van der Waals surface area contributed by atoms with E-state index in [-0.39, 0.29) is 5.78 Å². The van der Waals surface area contributed by atoms with E-state index in [4.69, 9.17) is 0 Å². The van der Waals surface area contributed by atoms with Crippen LogP contribution in [-0.4, -0.2) is 5.78 Å². The number of hydrogen-bond acceptors (Lipinski definition) is 1. The van der Waals surface area contributed by atoms with Gasteiger partial charge in [0.25, 0.3) is 0 Å². The fraction of sp³-hybridized carbons (Fsp3) is 0. The minimum atomic E-state index is 0.107. The molecule has 0 heterocycles. The number of halogens is 3. The lowest BCUT2D eigenvalue weighted by Gasteiger charge is -2.03. The van der Waals surface area contributed by atoms with E-state index < -0.39 is 0 Å². The average molecular weight is 464 g/mol. The van der Waals surface area contributed by atoms with Crippen LogP contribution in [0, 0.1) is 3.57 Å². The van der Waals surface area contributed by atoms with Gasteiger partial charge in [0.2, 0.25) is 0 Å². The van der Waals surface area contributed by atoms with Crippen molar-refractivity contribution in [3.8, 4) is 11.1 Å². The highest BCUT2D eigenvalue weighted by molar-refractivity contribution is 14.1. The standard InChI is InChI=1S/C13H5Br2IO/c14-6-1-2-8-9(3-6)13(17)10-4-7(15)5-11(16)12(8)10/h1-5H. The van der Waals surface area contributed by atoms with Crippen molar-refractivity contribution in [3.05, 3.63) is 54.0 Å². The van der Waals surface area contributed by atoms with Gasteiger partial charge in [-0.25, -0.2) is 0 Å². The van der Waals surface area contributed by atoms with Crippen LogP contribution >= 0.6 is 54.5 Å². The minimum absolute atomic E-state index is 0.107. The molecular formula is C13H5Br2IO. The fourth-order valence-electron chi connectivity index (χ4n) is 2.09. The van der Waals surface area contributed by atoms with Crippen molar-refractivity contribution in [2.24, 2.45) is 0 Å². The summed E-state index contributed by atoms with van der Waals surface area (Å²) in [5, 5.41) is 0. The van der Waals surface area contributed by atoms with Gasteiger partial charge < -0.3 is 0 Å². The van der Waals surface area contributed by atoms with Crippen LogP contribution in [0.4, 0.5) is 0 Å². The first-order valence-corrected chi connectivity index (χ1v) is 7.58. The van der Waals surface area contributed by atoms with Crippen LogP contribution in [0.5, 0.6) is 0 Å². The smallest absolute Gasteiger partial charge is 0.194 e. The molecule has 0 saturated carbocycles. The molecule has 84 valence electrons. The van der Waals surface area contributed by atoms with Crippen molar-refractivity contribution in [2.45, 2.75) is 0 Å². The molecule has 0 bridgehead atoms. The second kappa shape index (κ2) is 4.17. The molecule has 3 rings (SSSR count). The Morgan fingerprint density at radius 3 is 2.35 bits per heavy atom. The highest BCUT2D eigenvalue weighted by Gasteiger charge is 2.28. The molecule has 0 saturated heterocycles. The lowest BCUT2D eigenvalue weighted by Crippen LogP contribution is -1.95. The summed E-state index contributed by atoms with van der Waals surface area (Å²) in [5.41, 5.74) is 3.66. The molecule has 0 spiro atoms. The second-order valence-electron chi connectivity index (χ2n) is 3.83. The van der Waals surface area contributed by atoms with E-state index in [1.54, 1.807) is 0 Å². The lowest BCUT2D eigenvalue weighted by atomic mass is 10.1. The van der Waals surface area contributed by atoms with E-state index in [0.29, 0.717) is 0 Å². The van der Waals surface area contributed by atoms with Gasteiger partial charge >= 0.3 is 0 Å². The van der Waals surface area contributed by atoms with Crippen molar-refractivity contribution in [1.82, 2.24) is 0 Å². The number of benzene rings is 2. The highest BCUT2D eigenvalue weighted by atomic mass is 127. The molecule has 2 aromatic rings. The summed E-state index contributed by atoms with van der Waals surface area (Å²) in [7, 11) is 0. The van der Waals surface area contributed by atoms with E-state index >= 15 is 0 Å². The van der Waals surface area contributed by atoms with Crippen molar-refractivity contribution >= 4 is 60.2 Å². The molecule has 0 radical (unpaired) electrons. The third kappa shape index (κ3) is 1.81. The van der Waals surface area contributed by atoms with E-state index in [1.807, 2.05) is 30.3 Å². The van der Waals surface area contributed by atoms with Crippen LogP contribution in [0.3, 0.4) is 0 Å². The summed E-state index contributed by atoms with van der Waals surface area (Å²) in [5.74, 6) is 0.107. The van der Waals surface area contributed by atoms with Gasteiger partial charge in [-0.3, -0.25) is 4.79 Å². The Balaban J connectivity index is 2.39. The van der Waals surface area contributed by atoms with Gasteiger partial charge in [0.05, 0.1) is 0 Å². The van der Waals surface area contributed by atoms with Crippen molar-refractivity contribution < 1.29 is 4.79 Å². The van der Waals surface area contributed by atoms with Crippen LogP contribution in [0.25, 0.3) is 11.1 Å². The molecule has 0 N–H and O–H groups in total. The largest absolute Gasteiger partial charge is 0.289 e. The van der Waals surface area contributed by atoms with E-state index in [0.717, 1.165) is 34.8 Å². The number of rotatable bonds is 0. The monoisotopic (exact) mass is 462 g/mol. The molecular weight excluding hydrogens is 459 g/mol. The molecule has 0 aliphatic heterocycles. The minimum Gasteiger partial charge on any atom is -0.289 e. The maximum absolute atomic E-state index is 12.3. The zero-order chi connectivity index (χ0) is 12.2. The Morgan fingerprint density at radius 1 is 0.882 bits per heavy atom. The molecule has 17 heavy (non-hydrogen) atoms. The second-order valence-corrected chi connectivity index (χ2v) is 6.82. The summed E-state index contributed by atoms with van der Waals surface area (Å²) in [4.78, 5) is 12.3. The lowest BCUT2D eigenvalue weighted by molar-refractivity contribution is 0.104. The molecule has 1 aliphatic carbocycles. The summed E-state index contributed by atoms with van der Waals surface area (Å²) >= 11 is 9.12. The number of carbonyl (C=O) groups excluding carboxylic acids is 1. The molecule has 0 atom stereocenters. The number of carbonyl (C=O) groups is 1. The first-order valence-electron chi connectivity index (χ1n) is 4.91. The van der Waals surface area contributed by atoms with Gasteiger partial charge in [-0.15, -0.1) is 0 Å². The van der Waals surface area contributed by atoms with Gasteiger partial charge in [-0.2, -0.15) is 0 Å². The normalized spacial score (nSPS) is 12.5. The third-order valence-electron chi connectivity index (χ3n) is 2.80. The molecule has 0 unspecified atom stereocenters. The number of hydrogen-bond donors (Lipinski definition) is 0. The van der Waals surface area contributed by atoms with E-state index in [9.17, 15) is 4.79 Å². The van der Waals surface area contributed by atoms with E-state index in [1.165, 1.54) is 0 Å². The van der Waals surface area contributed by atoms with E-state index in [2.05, 4.69) is 54.5 Å². The SMILES string of the molecule is O=C1c2cc(Br)ccc2-c2c(I)cc(Br)cc21. The number of ketones is 1. The predicted octanol–water partition coefficient (Wildman–Crippen LogP) is 5.03. The van der Waals surface area contributed by atoms with Gasteiger partial charge in [0.1, 0.15) is 0 Å². The average Bonchev–Trinajstić information content (AvgIpc) is 2.53. The predicted molar refractivity (Wildman–Crippen MR) is 83.4 cm³/mol. The maximum atomic E-state index is 12.3. The van der Waals surface area contributed by atoms with Crippen molar-refractivity contribution in [1.29, 1.82) is 0 Å². The molecule has 1 nitrogen and oxygen atoms in total. The summed E-state index contributed by atoms with van der Waals surface area (Å²) in [6, 6.07) is 9.79. The maximum Gasteiger partial charge on any atom is 0.194 e. The van der Waals surface area contributed by atoms with Crippen molar-refractivity contribution in [2.75, 3.05) is 0 Å². The van der Waals surface area contributed by atoms with Crippen molar-refractivity contribution in [3.63, 3.8) is 0 Å². The van der Waals surface area contributed by atoms with Gasteiger partial charge in [0.15, 0.2) is 5.78 Å². The first kappa shape index (κ1) is 11.9. The quantitative estimate of drug-likeness (QED) is 0.427.